The van der Waals surface area contributed by atoms with Gasteiger partial charge in [0.2, 0.25) is 0 Å². The number of nitrogens with two attached hydrogens (primary N) is 1. The van der Waals surface area contributed by atoms with Crippen LogP contribution in [-0.4, -0.2) is 50.1 Å². The highest BCUT2D eigenvalue weighted by Gasteiger charge is 2.42. The van der Waals surface area contributed by atoms with E-state index in [0.29, 0.717) is 18.7 Å². The Balaban J connectivity index is 0.00000165. The zero-order valence-corrected chi connectivity index (χ0v) is 24.0. The molecule has 0 radical (unpaired) electrons. The van der Waals surface area contributed by atoms with Gasteiger partial charge in [-0.3, -0.25) is 0 Å². The molecule has 2 aromatic rings. The molecule has 0 aromatic heterocycles. The van der Waals surface area contributed by atoms with Gasteiger partial charge in [-0.1, -0.05) is 17.2 Å². The fourth-order valence-electron chi connectivity index (χ4n) is 6.31. The van der Waals surface area contributed by atoms with Gasteiger partial charge >= 0.3 is 6.18 Å². The Bertz CT molecular complexity index is 1390. The number of nitrogens with zero attached hydrogens (tertiary/aromatic N) is 4. The largest absolute Gasteiger partial charge is 0.418 e. The zero-order chi connectivity index (χ0) is 29.3. The fraction of sp³-hybridized carbons (Fsp3) is 0.438. The van der Waals surface area contributed by atoms with E-state index in [1.807, 2.05) is 30.9 Å². The third-order valence-electron chi connectivity index (χ3n) is 8.22. The average Bonchev–Trinajstić information content (AvgIpc) is 3.59. The molecular formula is C32H38F3N5O. The number of rotatable bonds is 5. The van der Waals surface area contributed by atoms with Gasteiger partial charge in [0.25, 0.3) is 0 Å². The van der Waals surface area contributed by atoms with Gasteiger partial charge in [-0.2, -0.15) is 18.3 Å². The molecule has 0 bridgehead atoms. The van der Waals surface area contributed by atoms with Gasteiger partial charge < -0.3 is 20.3 Å². The Hall–Kier alpha value is -3.59. The van der Waals surface area contributed by atoms with Gasteiger partial charge in [0, 0.05) is 36.5 Å². The molecule has 0 atom stereocenters. The van der Waals surface area contributed by atoms with E-state index in [1.165, 1.54) is 13.1 Å². The third kappa shape index (κ3) is 5.52. The second-order valence-corrected chi connectivity index (χ2v) is 11.0. The first-order valence-electron chi connectivity index (χ1n) is 14.4. The minimum atomic E-state index is -4.54. The summed E-state index contributed by atoms with van der Waals surface area (Å²) < 4.78 is 43.7. The van der Waals surface area contributed by atoms with Gasteiger partial charge in [0.05, 0.1) is 34.9 Å². The van der Waals surface area contributed by atoms with E-state index in [2.05, 4.69) is 16.7 Å². The first-order valence-corrected chi connectivity index (χ1v) is 14.4. The van der Waals surface area contributed by atoms with Gasteiger partial charge in [0.1, 0.15) is 6.29 Å². The van der Waals surface area contributed by atoms with Crippen LogP contribution < -0.4 is 15.6 Å². The van der Waals surface area contributed by atoms with Crippen molar-refractivity contribution >= 4 is 23.4 Å². The topological polar surface area (TPSA) is 65.2 Å². The molecule has 1 aliphatic carbocycles. The lowest BCUT2D eigenvalue weighted by Crippen LogP contribution is -2.35. The quantitative estimate of drug-likeness (QED) is 0.430. The molecule has 1 saturated heterocycles. The highest BCUT2D eigenvalue weighted by molar-refractivity contribution is 6.15. The maximum atomic E-state index is 14.6. The van der Waals surface area contributed by atoms with Crippen LogP contribution in [0.15, 0.2) is 64.0 Å². The summed E-state index contributed by atoms with van der Waals surface area (Å²) in [6.45, 7) is 6.53. The molecule has 0 amide bonds. The molecule has 3 aliphatic heterocycles. The Morgan fingerprint density at radius 1 is 0.902 bits per heavy atom. The predicted molar refractivity (Wildman–Crippen MR) is 158 cm³/mol. The normalized spacial score (nSPS) is 18.7. The number of hydrazone groups is 1. The maximum Gasteiger partial charge on any atom is 0.418 e. The zero-order valence-electron chi connectivity index (χ0n) is 24.0. The Kier molecular flexibility index (Phi) is 8.27. The molecule has 3 heterocycles. The van der Waals surface area contributed by atoms with Gasteiger partial charge in [0.15, 0.2) is 0 Å². The molecule has 1 saturated carbocycles. The molecule has 9 heteroatoms. The minimum Gasteiger partial charge on any atom is -0.371 e. The molecular weight excluding hydrogens is 527 g/mol. The number of allylic oxidation sites excluding steroid dienone is 1. The summed E-state index contributed by atoms with van der Waals surface area (Å²) in [6.07, 6.45) is 1.72. The molecule has 2 fully saturated rings. The fourth-order valence-corrected chi connectivity index (χ4v) is 6.31. The molecule has 218 valence electrons. The number of aldehydes is 1. The smallest absolute Gasteiger partial charge is 0.371 e. The second-order valence-electron chi connectivity index (χ2n) is 11.0. The average molecular weight is 566 g/mol. The van der Waals surface area contributed by atoms with Crippen LogP contribution in [0.1, 0.15) is 60.8 Å². The number of hydrogen-bond acceptors (Lipinski definition) is 6. The van der Waals surface area contributed by atoms with E-state index in [4.69, 9.17) is 5.10 Å². The lowest BCUT2D eigenvalue weighted by atomic mass is 9.86. The predicted octanol–water partition coefficient (Wildman–Crippen LogP) is 6.32. The second kappa shape index (κ2) is 11.7. The molecule has 0 spiro atoms. The third-order valence-corrected chi connectivity index (χ3v) is 8.22. The summed E-state index contributed by atoms with van der Waals surface area (Å²) in [5.41, 5.74) is 12.1. The van der Waals surface area contributed by atoms with Crippen LogP contribution in [0.5, 0.6) is 0 Å². The molecule has 6 rings (SSSR count). The summed E-state index contributed by atoms with van der Waals surface area (Å²) in [6, 6.07) is 10.6. The lowest BCUT2D eigenvalue weighted by Gasteiger charge is -2.38. The van der Waals surface area contributed by atoms with Crippen molar-refractivity contribution in [3.05, 3.63) is 81.2 Å². The number of carbonyl (C=O) groups excluding carboxylic acids is 1. The molecule has 6 nitrogen and oxygen atoms in total. The van der Waals surface area contributed by atoms with Crippen molar-refractivity contribution in [1.82, 2.24) is 4.90 Å². The monoisotopic (exact) mass is 565 g/mol. The van der Waals surface area contributed by atoms with E-state index in [-0.39, 0.29) is 12.2 Å². The van der Waals surface area contributed by atoms with Crippen molar-refractivity contribution in [3.63, 3.8) is 0 Å². The maximum absolute atomic E-state index is 14.6. The van der Waals surface area contributed by atoms with Crippen molar-refractivity contribution in [2.24, 2.45) is 10.8 Å². The number of anilines is 2. The minimum absolute atomic E-state index is 0.0488. The number of halogens is 3. The number of hydrogen-bond donors (Lipinski definition) is 1. The van der Waals surface area contributed by atoms with Crippen LogP contribution in [0.4, 0.5) is 24.5 Å². The van der Waals surface area contributed by atoms with Gasteiger partial charge in [-0.15, -0.1) is 0 Å². The Labute approximate surface area is 240 Å². The Morgan fingerprint density at radius 2 is 1.59 bits per heavy atom. The van der Waals surface area contributed by atoms with Crippen molar-refractivity contribution in [2.75, 3.05) is 43.1 Å². The molecule has 2 aromatic carbocycles. The first kappa shape index (κ1) is 28.9. The molecule has 4 aliphatic rings. The van der Waals surface area contributed by atoms with Crippen molar-refractivity contribution < 1.29 is 18.0 Å². The van der Waals surface area contributed by atoms with Crippen LogP contribution in [0.3, 0.4) is 0 Å². The summed E-state index contributed by atoms with van der Waals surface area (Å²) in [4.78, 5) is 15.9. The van der Waals surface area contributed by atoms with Crippen LogP contribution >= 0.6 is 0 Å². The summed E-state index contributed by atoms with van der Waals surface area (Å²) in [7, 11) is 1.50. The molecule has 0 unspecified atom stereocenters. The van der Waals surface area contributed by atoms with E-state index < -0.39 is 11.7 Å². The molecule has 2 N–H and O–H groups in total. The number of benzene rings is 2. The van der Waals surface area contributed by atoms with Crippen molar-refractivity contribution in [3.8, 4) is 0 Å². The van der Waals surface area contributed by atoms with Crippen LogP contribution in [0.25, 0.3) is 0 Å². The summed E-state index contributed by atoms with van der Waals surface area (Å²) >= 11 is 0. The highest BCUT2D eigenvalue weighted by Crippen LogP contribution is 2.48. The lowest BCUT2D eigenvalue weighted by molar-refractivity contribution is -0.137. The van der Waals surface area contributed by atoms with Crippen LogP contribution in [0, 0.1) is 13.8 Å². The number of alkyl halides is 3. The Morgan fingerprint density at radius 3 is 2.17 bits per heavy atom. The van der Waals surface area contributed by atoms with Crippen LogP contribution in [-0.2, 0) is 11.0 Å². The van der Waals surface area contributed by atoms with Crippen LogP contribution in [0.2, 0.25) is 0 Å². The van der Waals surface area contributed by atoms with E-state index in [9.17, 15) is 18.0 Å². The van der Waals surface area contributed by atoms with E-state index in [1.54, 1.807) is 17.1 Å². The SMILES string of the molecule is CN.Cc1cc(C)cc(C2=NN(c3cc(N4CCCC4)ccc3C(F)(F)F)C(=C3CCC3)C3=C2CCN3CC=O)c1. The molecule has 41 heavy (non-hydrogen) atoms. The first-order chi connectivity index (χ1) is 19.7. The standard InChI is InChI=1S/C31H33F3N4O.CH5N/c1-20-16-21(2)18-23(17-20)28-25-10-13-37(14-15-39)30(25)29(22-6-5-7-22)38(35-28)27-19-24(36-11-3-4-12-36)8-9-26(27)31(32,33)34;1-2/h8-9,15-19H,3-7,10-14H2,1-2H3;2H2,1H3. The summed E-state index contributed by atoms with van der Waals surface area (Å²) in [5, 5.41) is 6.63. The van der Waals surface area contributed by atoms with Gasteiger partial charge in [-0.25, -0.2) is 5.01 Å². The van der Waals surface area contributed by atoms with Crippen molar-refractivity contribution in [2.45, 2.75) is 58.5 Å². The number of carbonyl (C=O) groups is 1. The number of aryl methyl sites for hydroxylation is 2. The van der Waals surface area contributed by atoms with Crippen molar-refractivity contribution in [1.29, 1.82) is 0 Å². The van der Waals surface area contributed by atoms with E-state index in [0.717, 1.165) is 96.4 Å². The van der Waals surface area contributed by atoms with Gasteiger partial charge in [-0.05, 0) is 95.3 Å². The summed E-state index contributed by atoms with van der Waals surface area (Å²) in [5.74, 6) is 0. The van der Waals surface area contributed by atoms with E-state index >= 15 is 0 Å². The highest BCUT2D eigenvalue weighted by atomic mass is 19.4.